The van der Waals surface area contributed by atoms with E-state index < -0.39 is 17.8 Å². The molecule has 4 aliphatic rings. The lowest BCUT2D eigenvalue weighted by atomic mass is 9.62. The number of carboxylic acids is 1. The Labute approximate surface area is 122 Å². The monoisotopic (exact) mass is 283 g/mol. The number of carbonyl (C=O) groups is 2. The maximum absolute atomic E-state index is 12.6. The molecule has 1 amide bonds. The van der Waals surface area contributed by atoms with E-state index in [1.165, 1.54) is 0 Å². The Morgan fingerprint density at radius 2 is 1.62 bits per heavy atom. The third-order valence-electron chi connectivity index (χ3n) is 5.28. The SMILES string of the molecule is O=C(O)[C@H]1[C@@H]2C=C[C@@H]([C@H]3C[C@H]23)[C@@H]1C(=O)Nc1ccccc1. The number of rotatable bonds is 3. The van der Waals surface area contributed by atoms with E-state index in [9.17, 15) is 14.7 Å². The van der Waals surface area contributed by atoms with Crippen LogP contribution in [-0.4, -0.2) is 17.0 Å². The zero-order valence-electron chi connectivity index (χ0n) is 11.5. The Morgan fingerprint density at radius 1 is 1.00 bits per heavy atom. The Bertz CT molecular complexity index is 624. The molecule has 4 aliphatic carbocycles. The van der Waals surface area contributed by atoms with Gasteiger partial charge in [-0.3, -0.25) is 9.59 Å². The number of carboxylic acid groups (broad SMARTS) is 1. The molecule has 21 heavy (non-hydrogen) atoms. The van der Waals surface area contributed by atoms with Crippen molar-refractivity contribution in [2.45, 2.75) is 6.42 Å². The summed E-state index contributed by atoms with van der Waals surface area (Å²) in [6.07, 6.45) is 5.18. The van der Waals surface area contributed by atoms with Gasteiger partial charge in [-0.2, -0.15) is 0 Å². The number of carbonyl (C=O) groups excluding carboxylic acids is 1. The van der Waals surface area contributed by atoms with Crippen molar-refractivity contribution in [3.8, 4) is 0 Å². The van der Waals surface area contributed by atoms with Crippen LogP contribution in [0.25, 0.3) is 0 Å². The molecule has 5 rings (SSSR count). The maximum Gasteiger partial charge on any atom is 0.307 e. The van der Waals surface area contributed by atoms with Crippen LogP contribution in [0.2, 0.25) is 0 Å². The molecule has 0 saturated heterocycles. The zero-order valence-corrected chi connectivity index (χ0v) is 11.5. The number of hydrogen-bond acceptors (Lipinski definition) is 2. The lowest BCUT2D eigenvalue weighted by molar-refractivity contribution is -0.152. The number of nitrogens with one attached hydrogen (secondary N) is 1. The highest BCUT2D eigenvalue weighted by atomic mass is 16.4. The summed E-state index contributed by atoms with van der Waals surface area (Å²) in [5.74, 6) is -0.891. The first-order valence-corrected chi connectivity index (χ1v) is 7.44. The van der Waals surface area contributed by atoms with Crippen molar-refractivity contribution in [3.63, 3.8) is 0 Å². The van der Waals surface area contributed by atoms with Gasteiger partial charge in [0.25, 0.3) is 0 Å². The minimum Gasteiger partial charge on any atom is -0.481 e. The van der Waals surface area contributed by atoms with Gasteiger partial charge in [-0.1, -0.05) is 30.4 Å². The van der Waals surface area contributed by atoms with E-state index in [1.54, 1.807) is 0 Å². The zero-order chi connectivity index (χ0) is 14.6. The smallest absolute Gasteiger partial charge is 0.307 e. The first-order valence-electron chi connectivity index (χ1n) is 7.44. The van der Waals surface area contributed by atoms with E-state index in [2.05, 4.69) is 11.4 Å². The van der Waals surface area contributed by atoms with Crippen molar-refractivity contribution >= 4 is 17.6 Å². The molecular formula is C17H17NO3. The molecule has 0 spiro atoms. The van der Waals surface area contributed by atoms with Gasteiger partial charge in [-0.25, -0.2) is 0 Å². The average molecular weight is 283 g/mol. The maximum atomic E-state index is 12.6. The Morgan fingerprint density at radius 3 is 2.24 bits per heavy atom. The van der Waals surface area contributed by atoms with Gasteiger partial charge in [0.2, 0.25) is 5.91 Å². The Hall–Kier alpha value is -2.10. The summed E-state index contributed by atoms with van der Waals surface area (Å²) in [6, 6.07) is 9.24. The second-order valence-corrected chi connectivity index (χ2v) is 6.35. The molecule has 4 nitrogen and oxygen atoms in total. The van der Waals surface area contributed by atoms with Crippen molar-refractivity contribution in [2.24, 2.45) is 35.5 Å². The van der Waals surface area contributed by atoms with Crippen LogP contribution < -0.4 is 5.32 Å². The minimum atomic E-state index is -0.840. The molecule has 2 fully saturated rings. The average Bonchev–Trinajstić information content (AvgIpc) is 3.29. The molecule has 0 unspecified atom stereocenters. The number of amides is 1. The standard InChI is InChI=1S/C17H17NO3/c19-16(18-9-4-2-1-3-5-9)14-10-6-7-11(13-8-12(10)13)15(14)17(20)21/h1-7,10-15H,8H2,(H,18,19)(H,20,21)/t10-,11+,12+,13+,14-,15-/m0/s1. The van der Waals surface area contributed by atoms with E-state index in [0.717, 1.165) is 12.1 Å². The van der Waals surface area contributed by atoms with Crippen LogP contribution in [0.4, 0.5) is 5.69 Å². The van der Waals surface area contributed by atoms with Gasteiger partial charge in [0.05, 0.1) is 11.8 Å². The minimum absolute atomic E-state index is 0.0315. The van der Waals surface area contributed by atoms with E-state index in [0.29, 0.717) is 11.8 Å². The van der Waals surface area contributed by atoms with Gasteiger partial charge in [0, 0.05) is 5.69 Å². The highest BCUT2D eigenvalue weighted by Crippen LogP contribution is 2.63. The van der Waals surface area contributed by atoms with Crippen LogP contribution in [-0.2, 0) is 9.59 Å². The molecular weight excluding hydrogens is 266 g/mol. The Balaban J connectivity index is 1.62. The normalized spacial score (nSPS) is 38.7. The summed E-state index contributed by atoms with van der Waals surface area (Å²) in [5.41, 5.74) is 0.726. The third-order valence-corrected chi connectivity index (χ3v) is 5.28. The fourth-order valence-electron chi connectivity index (χ4n) is 4.32. The van der Waals surface area contributed by atoms with Crippen LogP contribution in [0.3, 0.4) is 0 Å². The Kier molecular flexibility index (Phi) is 2.67. The topological polar surface area (TPSA) is 66.4 Å². The molecule has 0 radical (unpaired) electrons. The van der Waals surface area contributed by atoms with Gasteiger partial charge in [0.1, 0.15) is 0 Å². The van der Waals surface area contributed by atoms with Crippen molar-refractivity contribution in [3.05, 3.63) is 42.5 Å². The predicted octanol–water partition coefficient (Wildman–Crippen LogP) is 2.39. The fourth-order valence-corrected chi connectivity index (χ4v) is 4.32. The number of para-hydroxylation sites is 1. The van der Waals surface area contributed by atoms with Gasteiger partial charge in [-0.05, 0) is 42.2 Å². The van der Waals surface area contributed by atoms with Crippen LogP contribution in [0.5, 0.6) is 0 Å². The lowest BCUT2D eigenvalue weighted by Gasteiger charge is -2.41. The summed E-state index contributed by atoms with van der Waals surface area (Å²) in [5, 5.41) is 12.5. The number of benzene rings is 1. The molecule has 1 aromatic carbocycles. The van der Waals surface area contributed by atoms with Crippen LogP contribution in [0, 0.1) is 35.5 Å². The molecule has 1 aromatic rings. The van der Waals surface area contributed by atoms with E-state index in [-0.39, 0.29) is 17.7 Å². The number of allylic oxidation sites excluding steroid dienone is 2. The molecule has 0 aliphatic heterocycles. The fraction of sp³-hybridized carbons (Fsp3) is 0.412. The van der Waals surface area contributed by atoms with Gasteiger partial charge in [-0.15, -0.1) is 0 Å². The molecule has 2 saturated carbocycles. The van der Waals surface area contributed by atoms with E-state index >= 15 is 0 Å². The molecule has 0 aromatic heterocycles. The second-order valence-electron chi connectivity index (χ2n) is 6.35. The highest BCUT2D eigenvalue weighted by molar-refractivity contribution is 5.96. The van der Waals surface area contributed by atoms with Crippen molar-refractivity contribution in [1.82, 2.24) is 0 Å². The first kappa shape index (κ1) is 12.6. The summed E-state index contributed by atoms with van der Waals surface area (Å²) in [7, 11) is 0. The van der Waals surface area contributed by atoms with E-state index in [1.807, 2.05) is 36.4 Å². The molecule has 2 bridgehead atoms. The summed E-state index contributed by atoms with van der Waals surface area (Å²) >= 11 is 0. The molecule has 2 N–H and O–H groups in total. The van der Waals surface area contributed by atoms with Gasteiger partial charge in [0.15, 0.2) is 0 Å². The van der Waals surface area contributed by atoms with Gasteiger partial charge < -0.3 is 10.4 Å². The molecule has 4 heteroatoms. The lowest BCUT2D eigenvalue weighted by Crippen LogP contribution is -2.48. The van der Waals surface area contributed by atoms with Crippen molar-refractivity contribution < 1.29 is 14.7 Å². The van der Waals surface area contributed by atoms with Crippen LogP contribution >= 0.6 is 0 Å². The third kappa shape index (κ3) is 1.89. The van der Waals surface area contributed by atoms with E-state index in [4.69, 9.17) is 0 Å². The summed E-state index contributed by atoms with van der Waals surface area (Å²) < 4.78 is 0. The van der Waals surface area contributed by atoms with Crippen LogP contribution in [0.15, 0.2) is 42.5 Å². The summed E-state index contributed by atoms with van der Waals surface area (Å²) in [4.78, 5) is 24.3. The van der Waals surface area contributed by atoms with Crippen molar-refractivity contribution in [1.29, 1.82) is 0 Å². The van der Waals surface area contributed by atoms with Gasteiger partial charge >= 0.3 is 5.97 Å². The number of anilines is 1. The number of aliphatic carboxylic acids is 1. The molecule has 0 heterocycles. The van der Waals surface area contributed by atoms with Crippen molar-refractivity contribution in [2.75, 3.05) is 5.32 Å². The molecule has 6 atom stereocenters. The largest absolute Gasteiger partial charge is 0.481 e. The quantitative estimate of drug-likeness (QED) is 0.837. The summed E-state index contributed by atoms with van der Waals surface area (Å²) in [6.45, 7) is 0. The highest BCUT2D eigenvalue weighted by Gasteiger charge is 2.62. The number of hydrogen-bond donors (Lipinski definition) is 2. The second kappa shape index (κ2) is 4.45. The van der Waals surface area contributed by atoms with Crippen LogP contribution in [0.1, 0.15) is 6.42 Å². The number of fused-ring (bicyclic) bond motifs is 1. The predicted molar refractivity (Wildman–Crippen MR) is 77.4 cm³/mol. The molecule has 108 valence electrons. The first-order chi connectivity index (χ1) is 10.2.